The molecule has 0 aromatic carbocycles. The Hall–Kier alpha value is -3.16. The van der Waals surface area contributed by atoms with Crippen molar-refractivity contribution in [3.05, 3.63) is 48.6 Å². The molecule has 0 aliphatic carbocycles. The second kappa shape index (κ2) is 75.8. The smallest absolute Gasteiger partial charge is 0.303 e. The highest BCUT2D eigenvalue weighted by atomic mass is 16.4. The molecule has 0 aliphatic rings. The lowest BCUT2D eigenvalue weighted by molar-refractivity contribution is -0.138. The quantitative estimate of drug-likeness (QED) is 0.0347. The Morgan fingerprint density at radius 3 is 0.613 bits per heavy atom. The number of carbonyl (C=O) groups is 4. The first kappa shape index (κ1) is 83.3. The molecular weight excluding hydrogens is 993 g/mol. The third-order valence-electron chi connectivity index (χ3n) is 14.5. The predicted molar refractivity (Wildman–Crippen MR) is 348 cm³/mol. The van der Waals surface area contributed by atoms with E-state index in [-0.39, 0.29) is 0 Å². The lowest BCUT2D eigenvalue weighted by atomic mass is 10.0. The van der Waals surface area contributed by atoms with Crippen LogP contribution in [0.5, 0.6) is 0 Å². The second-order valence-electron chi connectivity index (χ2n) is 23.9. The highest BCUT2D eigenvalue weighted by molar-refractivity contribution is 5.67. The maximum atomic E-state index is 10.3. The Balaban J connectivity index is -0.000000481. The van der Waals surface area contributed by atoms with Crippen molar-refractivity contribution in [1.82, 2.24) is 0 Å². The van der Waals surface area contributed by atoms with Gasteiger partial charge in [0.1, 0.15) is 0 Å². The van der Waals surface area contributed by atoms with Crippen molar-refractivity contribution in [1.29, 1.82) is 0 Å². The molecule has 8 heteroatoms. The molecule has 0 saturated heterocycles. The van der Waals surface area contributed by atoms with Crippen LogP contribution in [0.25, 0.3) is 0 Å². The van der Waals surface area contributed by atoms with Gasteiger partial charge >= 0.3 is 23.9 Å². The Morgan fingerprint density at radius 1 is 0.250 bits per heavy atom. The van der Waals surface area contributed by atoms with Crippen LogP contribution >= 0.6 is 0 Å². The number of rotatable bonds is 58. The summed E-state index contributed by atoms with van der Waals surface area (Å²) < 4.78 is 0. The molecule has 8 nitrogen and oxygen atoms in total. The van der Waals surface area contributed by atoms with E-state index in [0.717, 1.165) is 88.9 Å². The number of hydrogen-bond acceptors (Lipinski definition) is 4. The molecular formula is C72H136O8. The number of unbranched alkanes of at least 4 members (excludes halogenated alkanes) is 38. The Morgan fingerprint density at radius 2 is 0.425 bits per heavy atom. The van der Waals surface area contributed by atoms with Crippen LogP contribution in [0.2, 0.25) is 0 Å². The number of carboxylic acids is 4. The van der Waals surface area contributed by atoms with Crippen LogP contribution in [0.15, 0.2) is 48.6 Å². The largest absolute Gasteiger partial charge is 0.481 e. The van der Waals surface area contributed by atoms with Gasteiger partial charge in [-0.3, -0.25) is 19.2 Å². The van der Waals surface area contributed by atoms with Gasteiger partial charge in [0.2, 0.25) is 0 Å². The minimum absolute atomic E-state index is 0.324. The molecule has 0 spiro atoms. The highest BCUT2D eigenvalue weighted by Gasteiger charge is 2.01. The van der Waals surface area contributed by atoms with Crippen LogP contribution in [0.3, 0.4) is 0 Å². The monoisotopic (exact) mass is 1130 g/mol. The van der Waals surface area contributed by atoms with Crippen LogP contribution in [0.1, 0.15) is 375 Å². The van der Waals surface area contributed by atoms with Crippen LogP contribution in [0.4, 0.5) is 0 Å². The lowest BCUT2D eigenvalue weighted by Gasteiger charge is -2.04. The van der Waals surface area contributed by atoms with E-state index in [9.17, 15) is 19.2 Å². The van der Waals surface area contributed by atoms with Crippen LogP contribution in [-0.2, 0) is 19.2 Å². The second-order valence-corrected chi connectivity index (χ2v) is 23.9. The average Bonchev–Trinajstić information content (AvgIpc) is 3.41. The molecule has 0 fully saturated rings. The number of carboxylic acid groups (broad SMARTS) is 4. The standard InChI is InChI=1S/2C18H36O2.2C18H32O2/c2*1-17(2)15-13-11-9-7-5-3-4-6-8-10-12-14-16-18(19)20;2*1-2-3-4-5-6-7-8-9-10-11-12-13-14-15-16-17-18(19)20/h2*17H,3-16H2,1-2H3,(H,19,20);2*6-7,9-10H,2-5,8,11-17H2,1H3,(H,19,20)/b;;2*7-6-,10-9-. The van der Waals surface area contributed by atoms with Gasteiger partial charge in [0, 0.05) is 25.7 Å². The van der Waals surface area contributed by atoms with Crippen molar-refractivity contribution in [2.45, 2.75) is 375 Å². The van der Waals surface area contributed by atoms with Crippen molar-refractivity contribution >= 4 is 23.9 Å². The summed E-state index contributed by atoms with van der Waals surface area (Å²) >= 11 is 0. The fourth-order valence-electron chi connectivity index (χ4n) is 9.37. The van der Waals surface area contributed by atoms with E-state index in [0.29, 0.717) is 25.7 Å². The molecule has 0 rings (SSSR count). The van der Waals surface area contributed by atoms with Crippen molar-refractivity contribution in [3.8, 4) is 0 Å². The van der Waals surface area contributed by atoms with Crippen molar-refractivity contribution < 1.29 is 39.6 Å². The van der Waals surface area contributed by atoms with Crippen molar-refractivity contribution in [2.24, 2.45) is 11.8 Å². The third-order valence-corrected chi connectivity index (χ3v) is 14.5. The topological polar surface area (TPSA) is 149 Å². The molecule has 80 heavy (non-hydrogen) atoms. The number of hydrogen-bond donors (Lipinski definition) is 4. The average molecular weight is 1130 g/mol. The van der Waals surface area contributed by atoms with Gasteiger partial charge < -0.3 is 20.4 Å². The first-order valence-corrected chi connectivity index (χ1v) is 34.3. The molecule has 0 saturated carbocycles. The summed E-state index contributed by atoms with van der Waals surface area (Å²) in [6, 6.07) is 0. The fourth-order valence-corrected chi connectivity index (χ4v) is 9.37. The zero-order valence-corrected chi connectivity index (χ0v) is 54.0. The summed E-state index contributed by atoms with van der Waals surface area (Å²) in [5.41, 5.74) is 0. The number of aliphatic carboxylic acids is 4. The zero-order chi connectivity index (χ0) is 59.9. The summed E-state index contributed by atoms with van der Waals surface area (Å²) in [5, 5.41) is 34.0. The minimum Gasteiger partial charge on any atom is -0.481 e. The molecule has 0 aromatic heterocycles. The van der Waals surface area contributed by atoms with Crippen LogP contribution in [-0.4, -0.2) is 44.3 Å². The first-order chi connectivity index (χ1) is 38.8. The Bertz CT molecular complexity index is 1260. The highest BCUT2D eigenvalue weighted by Crippen LogP contribution is 2.17. The zero-order valence-electron chi connectivity index (χ0n) is 54.0. The molecule has 0 atom stereocenters. The van der Waals surface area contributed by atoms with Gasteiger partial charge in [-0.2, -0.15) is 0 Å². The normalized spacial score (nSPS) is 11.4. The van der Waals surface area contributed by atoms with Gasteiger partial charge in [0.25, 0.3) is 0 Å². The summed E-state index contributed by atoms with van der Waals surface area (Å²) in [4.78, 5) is 41.3. The molecule has 0 aromatic rings. The third kappa shape index (κ3) is 97.1. The van der Waals surface area contributed by atoms with E-state index in [1.807, 2.05) is 0 Å². The van der Waals surface area contributed by atoms with E-state index in [2.05, 4.69) is 90.2 Å². The molecule has 0 aliphatic heterocycles. The lowest BCUT2D eigenvalue weighted by Crippen LogP contribution is -1.93. The SMILES string of the molecule is CC(C)CCCCCCCCCCCCCCC(=O)O.CC(C)CCCCCCCCCCCCCCC(=O)O.CCCCC/C=C\C/C=C\CCCCCCCC(=O)O.CCCCC/C=C\C/C=C\CCCCCCCC(=O)O. The maximum absolute atomic E-state index is 10.3. The molecule has 0 bridgehead atoms. The predicted octanol–water partition coefficient (Wildman–Crippen LogP) is 24.1. The fraction of sp³-hybridized carbons (Fsp3) is 0.833. The van der Waals surface area contributed by atoms with E-state index >= 15 is 0 Å². The van der Waals surface area contributed by atoms with Crippen molar-refractivity contribution in [3.63, 3.8) is 0 Å². The molecule has 0 amide bonds. The van der Waals surface area contributed by atoms with E-state index in [1.165, 1.54) is 231 Å². The minimum atomic E-state index is -0.671. The van der Waals surface area contributed by atoms with E-state index < -0.39 is 23.9 Å². The van der Waals surface area contributed by atoms with Gasteiger partial charge in [-0.1, -0.05) is 308 Å². The maximum Gasteiger partial charge on any atom is 0.303 e. The molecule has 4 N–H and O–H groups in total. The molecule has 472 valence electrons. The van der Waals surface area contributed by atoms with E-state index in [4.69, 9.17) is 20.4 Å². The van der Waals surface area contributed by atoms with Gasteiger partial charge in [-0.05, 0) is 102 Å². The Kier molecular flexibility index (Phi) is 79.0. The molecule has 0 heterocycles. The molecule has 0 unspecified atom stereocenters. The van der Waals surface area contributed by atoms with Gasteiger partial charge in [-0.25, -0.2) is 0 Å². The summed E-state index contributed by atoms with van der Waals surface area (Å²) in [7, 11) is 0. The summed E-state index contributed by atoms with van der Waals surface area (Å²) in [5.74, 6) is -0.917. The van der Waals surface area contributed by atoms with Gasteiger partial charge in [-0.15, -0.1) is 0 Å². The van der Waals surface area contributed by atoms with E-state index in [1.54, 1.807) is 0 Å². The van der Waals surface area contributed by atoms with Gasteiger partial charge in [0.15, 0.2) is 0 Å². The van der Waals surface area contributed by atoms with Crippen LogP contribution < -0.4 is 0 Å². The summed E-state index contributed by atoms with van der Waals surface area (Å²) in [6.45, 7) is 13.7. The van der Waals surface area contributed by atoms with Crippen molar-refractivity contribution in [2.75, 3.05) is 0 Å². The van der Waals surface area contributed by atoms with Crippen LogP contribution in [0, 0.1) is 11.8 Å². The molecule has 0 radical (unpaired) electrons. The summed E-state index contributed by atoms with van der Waals surface area (Å²) in [6.07, 6.45) is 79.2. The van der Waals surface area contributed by atoms with Gasteiger partial charge in [0.05, 0.1) is 0 Å². The Labute approximate surface area is 497 Å². The first-order valence-electron chi connectivity index (χ1n) is 34.3. The number of allylic oxidation sites excluding steroid dienone is 8.